The van der Waals surface area contributed by atoms with Gasteiger partial charge in [0.2, 0.25) is 0 Å². The van der Waals surface area contributed by atoms with E-state index in [-0.39, 0.29) is 11.9 Å². The van der Waals surface area contributed by atoms with Crippen molar-refractivity contribution in [1.82, 2.24) is 10.3 Å². The first-order valence-electron chi connectivity index (χ1n) is 13.7. The number of hydrogen-bond donors (Lipinski definition) is 3. The molecule has 5 aliphatic carbocycles. The first-order valence-corrected chi connectivity index (χ1v) is 14.6. The highest BCUT2D eigenvalue weighted by molar-refractivity contribution is 7.99. The maximum absolute atomic E-state index is 13.7. The summed E-state index contributed by atoms with van der Waals surface area (Å²) in [6.45, 7) is 0.680. The summed E-state index contributed by atoms with van der Waals surface area (Å²) in [5.41, 5.74) is 0.0875. The summed E-state index contributed by atoms with van der Waals surface area (Å²) in [4.78, 5) is 31.7. The number of ether oxygens (including phenoxy) is 1. The molecule has 0 radical (unpaired) electrons. The molecule has 8 nitrogen and oxygen atoms in total. The molecule has 1 aromatic rings. The Morgan fingerprint density at radius 2 is 1.81 bits per heavy atom. The fraction of sp³-hybridized carbons (Fsp3) is 0.741. The van der Waals surface area contributed by atoms with Gasteiger partial charge in [0.1, 0.15) is 10.8 Å². The van der Waals surface area contributed by atoms with E-state index >= 15 is 0 Å². The standard InChI is InChI=1S/C27H37N3O5S/c31-24(29-23-17-11-16-12-18(23)15-27(34,13-16)14-17)20-8-9-21(30-10-4-7-22(30)35-26(32)33)28-25(20)36-19-5-2-1-3-6-19/h8-9,16-19,22-23,34H,1-7,10-15H2,(H,29,31)(H,32,33)/t16?,17?,18?,22-,23?,27?/m0/s1. The number of carboxylic acid groups (broad SMARTS) is 1. The van der Waals surface area contributed by atoms with Crippen LogP contribution >= 0.6 is 11.8 Å². The minimum Gasteiger partial charge on any atom is -0.450 e. The van der Waals surface area contributed by atoms with Crippen LogP contribution in [0.4, 0.5) is 10.6 Å². The molecule has 36 heavy (non-hydrogen) atoms. The molecule has 3 atom stereocenters. The van der Waals surface area contributed by atoms with E-state index in [1.807, 2.05) is 17.0 Å². The van der Waals surface area contributed by atoms with E-state index in [1.54, 1.807) is 11.8 Å². The molecular weight excluding hydrogens is 478 g/mol. The zero-order valence-corrected chi connectivity index (χ0v) is 21.5. The van der Waals surface area contributed by atoms with E-state index in [2.05, 4.69) is 5.32 Å². The highest BCUT2D eigenvalue weighted by Crippen LogP contribution is 2.55. The van der Waals surface area contributed by atoms with E-state index in [0.29, 0.717) is 47.4 Å². The molecule has 0 aromatic carbocycles. The zero-order chi connectivity index (χ0) is 24.9. The van der Waals surface area contributed by atoms with Crippen molar-refractivity contribution in [1.29, 1.82) is 0 Å². The molecule has 1 aliphatic heterocycles. The lowest BCUT2D eigenvalue weighted by Gasteiger charge is -2.58. The molecule has 1 aromatic heterocycles. The Balaban J connectivity index is 1.24. The molecule has 2 heterocycles. The zero-order valence-electron chi connectivity index (χ0n) is 20.7. The number of pyridine rings is 1. The Morgan fingerprint density at radius 1 is 1.06 bits per heavy atom. The Morgan fingerprint density at radius 3 is 2.50 bits per heavy atom. The topological polar surface area (TPSA) is 112 Å². The average molecular weight is 516 g/mol. The Labute approximate surface area is 216 Å². The van der Waals surface area contributed by atoms with Crippen LogP contribution in [-0.2, 0) is 4.74 Å². The van der Waals surface area contributed by atoms with E-state index in [1.165, 1.54) is 19.3 Å². The van der Waals surface area contributed by atoms with Crippen molar-refractivity contribution in [3.63, 3.8) is 0 Å². The summed E-state index contributed by atoms with van der Waals surface area (Å²) in [5, 5.41) is 24.6. The number of thioether (sulfide) groups is 1. The number of aliphatic hydroxyl groups is 1. The number of carbonyl (C=O) groups is 2. The highest BCUT2D eigenvalue weighted by atomic mass is 32.2. The molecule has 3 N–H and O–H groups in total. The SMILES string of the molecule is O=C(O)O[C@H]1CCCN1c1ccc(C(=O)NC2C3CC4CC2CC(O)(C4)C3)c(SC2CCCCC2)n1. The van der Waals surface area contributed by atoms with Crippen molar-refractivity contribution in [2.24, 2.45) is 17.8 Å². The fourth-order valence-corrected chi connectivity index (χ4v) is 9.20. The molecule has 6 fully saturated rings. The van der Waals surface area contributed by atoms with Crippen LogP contribution in [0.3, 0.4) is 0 Å². The lowest BCUT2D eigenvalue weighted by atomic mass is 9.52. The summed E-state index contributed by atoms with van der Waals surface area (Å²) < 4.78 is 5.10. The van der Waals surface area contributed by atoms with Gasteiger partial charge in [-0.2, -0.15) is 0 Å². The normalized spacial score (nSPS) is 35.7. The van der Waals surface area contributed by atoms with Crippen LogP contribution in [0.15, 0.2) is 17.2 Å². The summed E-state index contributed by atoms with van der Waals surface area (Å²) in [6, 6.07) is 3.82. The van der Waals surface area contributed by atoms with Gasteiger partial charge in [-0.1, -0.05) is 19.3 Å². The number of hydrogen-bond acceptors (Lipinski definition) is 7. The molecule has 9 heteroatoms. The van der Waals surface area contributed by atoms with Crippen LogP contribution in [0.1, 0.15) is 87.4 Å². The van der Waals surface area contributed by atoms with Crippen molar-refractivity contribution in [2.75, 3.05) is 11.4 Å². The van der Waals surface area contributed by atoms with Gasteiger partial charge in [-0.3, -0.25) is 4.79 Å². The predicted octanol–water partition coefficient (Wildman–Crippen LogP) is 4.80. The van der Waals surface area contributed by atoms with Crippen molar-refractivity contribution in [3.8, 4) is 0 Å². The molecule has 6 aliphatic rings. The quantitative estimate of drug-likeness (QED) is 0.464. The minimum atomic E-state index is -1.28. The van der Waals surface area contributed by atoms with Gasteiger partial charge < -0.3 is 25.2 Å². The number of rotatable bonds is 6. The third-order valence-electron chi connectivity index (χ3n) is 9.19. The Kier molecular flexibility index (Phi) is 6.56. The fourth-order valence-electron chi connectivity index (χ4n) is 7.88. The van der Waals surface area contributed by atoms with Gasteiger partial charge in [-0.05, 0) is 81.3 Å². The number of aromatic nitrogens is 1. The van der Waals surface area contributed by atoms with E-state index in [9.17, 15) is 14.7 Å². The highest BCUT2D eigenvalue weighted by Gasteiger charge is 2.55. The largest absolute Gasteiger partial charge is 0.507 e. The molecule has 0 spiro atoms. The second kappa shape index (κ2) is 9.71. The lowest BCUT2D eigenvalue weighted by molar-refractivity contribution is -0.136. The molecule has 1 saturated heterocycles. The number of anilines is 1. The second-order valence-electron chi connectivity index (χ2n) is 11.8. The Bertz CT molecular complexity index is 999. The van der Waals surface area contributed by atoms with E-state index < -0.39 is 18.0 Å². The van der Waals surface area contributed by atoms with Crippen LogP contribution in [0.25, 0.3) is 0 Å². The number of nitrogens with one attached hydrogen (secondary N) is 1. The number of carbonyl (C=O) groups excluding carboxylic acids is 1. The molecule has 196 valence electrons. The van der Waals surface area contributed by atoms with Crippen molar-refractivity contribution in [2.45, 2.75) is 105 Å². The summed E-state index contributed by atoms with van der Waals surface area (Å²) in [6.07, 6.45) is 10.3. The molecule has 4 bridgehead atoms. The van der Waals surface area contributed by atoms with Gasteiger partial charge in [0.05, 0.1) is 11.2 Å². The maximum Gasteiger partial charge on any atom is 0.507 e. The smallest absolute Gasteiger partial charge is 0.450 e. The predicted molar refractivity (Wildman–Crippen MR) is 136 cm³/mol. The van der Waals surface area contributed by atoms with Gasteiger partial charge in [0.15, 0.2) is 6.23 Å². The van der Waals surface area contributed by atoms with Gasteiger partial charge in [-0.15, -0.1) is 11.8 Å². The maximum atomic E-state index is 13.7. The van der Waals surface area contributed by atoms with E-state index in [0.717, 1.165) is 56.4 Å². The number of amides is 1. The third kappa shape index (κ3) is 4.80. The molecule has 5 saturated carbocycles. The second-order valence-corrected chi connectivity index (χ2v) is 13.1. The lowest BCUT2D eigenvalue weighted by Crippen LogP contribution is -2.61. The van der Waals surface area contributed by atoms with Crippen molar-refractivity contribution in [3.05, 3.63) is 17.7 Å². The van der Waals surface area contributed by atoms with Crippen LogP contribution in [0.2, 0.25) is 0 Å². The van der Waals surface area contributed by atoms with Crippen LogP contribution < -0.4 is 10.2 Å². The van der Waals surface area contributed by atoms with Gasteiger partial charge in [0.25, 0.3) is 5.91 Å². The van der Waals surface area contributed by atoms with Gasteiger partial charge in [-0.25, -0.2) is 9.78 Å². The summed E-state index contributed by atoms with van der Waals surface area (Å²) in [5.74, 6) is 1.90. The van der Waals surface area contributed by atoms with Crippen LogP contribution in [0.5, 0.6) is 0 Å². The minimum absolute atomic E-state index is 0.0726. The first kappa shape index (κ1) is 24.3. The van der Waals surface area contributed by atoms with Crippen molar-refractivity contribution >= 4 is 29.6 Å². The summed E-state index contributed by atoms with van der Waals surface area (Å²) >= 11 is 1.70. The van der Waals surface area contributed by atoms with Gasteiger partial charge in [0, 0.05) is 24.3 Å². The molecular formula is C27H37N3O5S. The monoisotopic (exact) mass is 515 g/mol. The number of nitrogens with zero attached hydrogens (tertiary/aromatic N) is 2. The Hall–Kier alpha value is -2.00. The van der Waals surface area contributed by atoms with Gasteiger partial charge >= 0.3 is 6.16 Å². The molecule has 1 amide bonds. The first-order chi connectivity index (χ1) is 17.4. The third-order valence-corrected chi connectivity index (χ3v) is 10.5. The van der Waals surface area contributed by atoms with E-state index in [4.69, 9.17) is 14.8 Å². The van der Waals surface area contributed by atoms with Crippen molar-refractivity contribution < 1.29 is 24.5 Å². The molecule has 7 rings (SSSR count). The van der Waals surface area contributed by atoms with Crippen LogP contribution in [0, 0.1) is 17.8 Å². The average Bonchev–Trinajstić information content (AvgIpc) is 3.28. The van der Waals surface area contributed by atoms with Crippen LogP contribution in [-0.4, -0.2) is 56.9 Å². The summed E-state index contributed by atoms with van der Waals surface area (Å²) in [7, 11) is 0. The molecule has 2 unspecified atom stereocenters.